The summed E-state index contributed by atoms with van der Waals surface area (Å²) in [7, 11) is 0. The number of hydrogen-bond donors (Lipinski definition) is 0. The van der Waals surface area contributed by atoms with Gasteiger partial charge in [0.15, 0.2) is 0 Å². The van der Waals surface area contributed by atoms with Gasteiger partial charge >= 0.3 is 362 Å². The number of fused-ring (bicyclic) bond motifs is 2. The van der Waals surface area contributed by atoms with Crippen molar-refractivity contribution >= 4 is 26.8 Å². The van der Waals surface area contributed by atoms with Crippen molar-refractivity contribution < 1.29 is 300 Å². The summed E-state index contributed by atoms with van der Waals surface area (Å²) >= 11 is 5.62. The van der Waals surface area contributed by atoms with Crippen LogP contribution in [0.3, 0.4) is 0 Å². The fraction of sp³-hybridized carbons (Fsp3) is 0.143. The van der Waals surface area contributed by atoms with Gasteiger partial charge in [-0.15, -0.1) is 0 Å². The predicted molar refractivity (Wildman–Crippen MR) is 76.2 cm³/mol. The van der Waals surface area contributed by atoms with Crippen LogP contribution in [0.5, 0.6) is 0 Å². The van der Waals surface area contributed by atoms with E-state index < -0.39 is 0 Å². The van der Waals surface area contributed by atoms with E-state index >= 15 is 0 Å². The van der Waals surface area contributed by atoms with Crippen LogP contribution in [0.2, 0.25) is 0 Å². The Labute approximate surface area is 348 Å². The van der Waals surface area contributed by atoms with Gasteiger partial charge in [0.25, 0.3) is 0 Å². The van der Waals surface area contributed by atoms with Gasteiger partial charge in [0.1, 0.15) is 0 Å². The van der Waals surface area contributed by atoms with E-state index in [-0.39, 0.29) is 0 Å². The maximum atomic E-state index is 2.89. The van der Waals surface area contributed by atoms with Crippen LogP contribution in [0.1, 0.15) is 11.1 Å². The third kappa shape index (κ3) is 5.42. The molecule has 0 unspecified atom stereocenters. The molecular formula is C14H13NRa7S. The Morgan fingerprint density at radius 1 is 0.609 bits per heavy atom. The average Bonchev–Trinajstić information content (AvgIpc) is 2.53. The molecule has 9 heteroatoms. The van der Waals surface area contributed by atoms with Crippen LogP contribution in [0.4, 0.5) is 11.4 Å². The SMILES string of the molecule is Cc1[c]([RaH])[c]([RaH])c2c([c]1[RaH])Sc1[c]([RaH])[c]([RaH])[c]([RaH])c(C)c1[N]2[RaH]. The molecular weight excluding hydrogens is 1800 g/mol. The molecule has 2 aromatic rings. The monoisotopic (exact) mass is 1810 g/mol. The first-order valence-electron chi connectivity index (χ1n) is 8.30. The Kier molecular flexibility index (Phi) is 13.3. The molecule has 94 valence electrons. The summed E-state index contributed by atoms with van der Waals surface area (Å²) in [5.41, 5.74) is 7.02. The number of nitrogens with zero attached hydrogens (tertiary/aromatic N) is 1. The van der Waals surface area contributed by atoms with Crippen molar-refractivity contribution in [2.75, 3.05) is 0.431 Å². The molecule has 0 atom stereocenters. The molecule has 1 nitrogen and oxygen atoms in total. The second kappa shape index (κ2) is 11.5. The molecule has 0 aromatic heterocycles. The van der Waals surface area contributed by atoms with Gasteiger partial charge in [-0.2, -0.15) is 0 Å². The number of benzene rings is 2. The third-order valence-corrected chi connectivity index (χ3v) is 98.6. The van der Waals surface area contributed by atoms with Crippen LogP contribution in [0.15, 0.2) is 9.79 Å². The summed E-state index contributed by atoms with van der Waals surface area (Å²) in [6, 6.07) is 0. The fourth-order valence-electron chi connectivity index (χ4n) is 3.79. The Hall–Kier alpha value is 8.86. The number of anilines is 2. The number of rotatable bonds is 0. The van der Waals surface area contributed by atoms with Crippen molar-refractivity contribution in [2.24, 2.45) is 0 Å². The zero-order valence-electron chi connectivity index (χ0n) is 15.9. The van der Waals surface area contributed by atoms with Gasteiger partial charge in [0.2, 0.25) is 0 Å². The van der Waals surface area contributed by atoms with Crippen molar-refractivity contribution in [2.45, 2.75) is 23.6 Å². The Morgan fingerprint density at radius 3 is 1.74 bits per heavy atom. The topological polar surface area (TPSA) is 3.24 Å². The fourth-order valence-corrected chi connectivity index (χ4v) is 56.3. The molecule has 0 spiro atoms. The van der Waals surface area contributed by atoms with Gasteiger partial charge in [0, 0.05) is 0 Å². The summed E-state index contributed by atoms with van der Waals surface area (Å²) < 4.78 is 14.3. The minimum atomic E-state index is 0.364. The van der Waals surface area contributed by atoms with E-state index in [2.05, 4.69) is 26.0 Å². The standard InChI is InChI=1S/C14H6NS.7Ra.7H/c1-9-6-7-11-13(8-9)16-12-5-3-4-10(2)14(12)15-11;;;;;;;;;;;;;;/h1-2H3;;;;;;;;;;;;;;/q-1;;;;;;;+1;;;;;;;. The van der Waals surface area contributed by atoms with E-state index in [4.69, 9.17) is 0 Å². The van der Waals surface area contributed by atoms with Crippen LogP contribution in [0, 0.1) is 314 Å². The molecule has 1 aliphatic rings. The Morgan fingerprint density at radius 2 is 1.13 bits per heavy atom. The molecule has 0 saturated carbocycles. The average molecular weight is 1810 g/mol. The van der Waals surface area contributed by atoms with Crippen molar-refractivity contribution in [1.29, 1.82) is 0 Å². The second-order valence-electron chi connectivity index (χ2n) is 7.02. The molecule has 0 fully saturated rings. The second-order valence-corrected chi connectivity index (χ2v) is 36.4. The van der Waals surface area contributed by atoms with Gasteiger partial charge < -0.3 is 0 Å². The molecule has 0 saturated heterocycles. The first-order chi connectivity index (χ1) is 10.7. The molecule has 0 aliphatic carbocycles. The van der Waals surface area contributed by atoms with Crippen LogP contribution >= 0.6 is 11.8 Å². The molecule has 1 aliphatic heterocycles. The normalized spacial score (nSPS) is 12.6. The first kappa shape index (κ1) is 26.5. The molecule has 0 N–H and O–H groups in total. The van der Waals surface area contributed by atoms with Crippen molar-refractivity contribution in [3.8, 4) is 0 Å². The zero-order chi connectivity index (χ0) is 17.2. The van der Waals surface area contributed by atoms with Crippen molar-refractivity contribution in [3.05, 3.63) is 11.1 Å². The quantitative estimate of drug-likeness (QED) is 0.289. The molecule has 0 amide bonds. The summed E-state index contributed by atoms with van der Waals surface area (Å²) in [5.74, 6) is 0. The summed E-state index contributed by atoms with van der Waals surface area (Å²) in [4.78, 5) is 3.54. The third-order valence-electron chi connectivity index (χ3n) is 6.07. The van der Waals surface area contributed by atoms with Gasteiger partial charge in [0.05, 0.1) is 0 Å². The number of hydrogen-bond acceptors (Lipinski definition) is 2. The molecule has 0 bridgehead atoms. The van der Waals surface area contributed by atoms with Crippen LogP contribution < -0.4 is 4.06 Å². The van der Waals surface area contributed by atoms with Crippen LogP contribution in [-0.4, -0.2) is 0 Å². The summed E-state index contributed by atoms with van der Waals surface area (Å²) in [6.45, 7) is 4.94. The van der Waals surface area contributed by atoms with E-state index in [1.807, 2.05) is 3.63 Å². The molecule has 2 aromatic carbocycles. The minimum absolute atomic E-state index is 0.364. The summed E-state index contributed by atoms with van der Waals surface area (Å²) in [5, 5.41) is 0. The molecule has 3 rings (SSSR count). The molecule has 1 heterocycles. The van der Waals surface area contributed by atoms with E-state index in [1.54, 1.807) is 32.3 Å². The van der Waals surface area contributed by atoms with E-state index in [0.717, 1.165) is 0 Å². The maximum absolute atomic E-state index is 2.89. The molecule has 23 heavy (non-hydrogen) atoms. The first-order valence-corrected chi connectivity index (χ1v) is 37.5. The van der Waals surface area contributed by atoms with Gasteiger partial charge in [-0.3, -0.25) is 0 Å². The van der Waals surface area contributed by atoms with Gasteiger partial charge in [-0.1, -0.05) is 0 Å². The Bertz CT molecular complexity index is 796. The zero-order valence-corrected chi connectivity index (χ0v) is 74.2. The molecule has 0 radical (unpaired) electrons. The van der Waals surface area contributed by atoms with Gasteiger partial charge in [-0.25, -0.2) is 0 Å². The van der Waals surface area contributed by atoms with E-state index in [9.17, 15) is 0 Å². The Balaban J connectivity index is 2.40. The van der Waals surface area contributed by atoms with Crippen LogP contribution in [0.25, 0.3) is 0 Å². The van der Waals surface area contributed by atoms with E-state index in [0.29, 0.717) is 300 Å². The van der Waals surface area contributed by atoms with Crippen molar-refractivity contribution in [3.63, 3.8) is 0 Å². The predicted octanol–water partition coefficient (Wildman–Crippen LogP) is -2.46. The summed E-state index contributed by atoms with van der Waals surface area (Å²) in [6.07, 6.45) is 0. The van der Waals surface area contributed by atoms with Crippen molar-refractivity contribution in [1.82, 2.24) is 0 Å². The van der Waals surface area contributed by atoms with Gasteiger partial charge in [-0.05, 0) is 0 Å². The van der Waals surface area contributed by atoms with E-state index in [1.165, 1.54) is 0 Å². The van der Waals surface area contributed by atoms with Crippen LogP contribution in [-0.2, 0) is 0 Å².